The van der Waals surface area contributed by atoms with E-state index in [1.807, 2.05) is 24.7 Å². The first-order chi connectivity index (χ1) is 9.38. The summed E-state index contributed by atoms with van der Waals surface area (Å²) in [5.74, 6) is 1.54. The van der Waals surface area contributed by atoms with Gasteiger partial charge in [-0.15, -0.1) is 11.3 Å². The lowest BCUT2D eigenvalue weighted by Gasteiger charge is -2.31. The van der Waals surface area contributed by atoms with E-state index >= 15 is 0 Å². The van der Waals surface area contributed by atoms with E-state index in [2.05, 4.69) is 28.5 Å². The average Bonchev–Trinajstić information content (AvgIpc) is 2.97. The summed E-state index contributed by atoms with van der Waals surface area (Å²) >= 11 is 1.73. The summed E-state index contributed by atoms with van der Waals surface area (Å²) in [7, 11) is 2.04. The fraction of sp³-hybridized carbons (Fsp3) is 0.400. The van der Waals surface area contributed by atoms with Crippen molar-refractivity contribution in [3.8, 4) is 5.75 Å². The maximum absolute atomic E-state index is 5.74. The van der Waals surface area contributed by atoms with E-state index in [1.165, 1.54) is 10.6 Å². The third-order valence-corrected chi connectivity index (χ3v) is 4.54. The number of aromatic nitrogens is 1. The van der Waals surface area contributed by atoms with Gasteiger partial charge in [0, 0.05) is 30.0 Å². The van der Waals surface area contributed by atoms with Crippen LogP contribution in [0.25, 0.3) is 0 Å². The van der Waals surface area contributed by atoms with Crippen LogP contribution in [0, 0.1) is 0 Å². The van der Waals surface area contributed by atoms with Gasteiger partial charge >= 0.3 is 0 Å². The Morgan fingerprint density at radius 1 is 1.47 bits per heavy atom. The van der Waals surface area contributed by atoms with Crippen LogP contribution in [-0.4, -0.2) is 24.7 Å². The number of hydrogen-bond acceptors (Lipinski definition) is 4. The average molecular weight is 274 g/mol. The van der Waals surface area contributed by atoms with Gasteiger partial charge in [-0.3, -0.25) is 0 Å². The Hall–Kier alpha value is -1.39. The highest BCUT2D eigenvalue weighted by Gasteiger charge is 2.28. The Labute approximate surface area is 117 Å². The van der Waals surface area contributed by atoms with Crippen LogP contribution in [0.5, 0.6) is 5.75 Å². The minimum absolute atomic E-state index is 0.413. The molecule has 2 heterocycles. The molecule has 1 aliphatic heterocycles. The smallest absolute Gasteiger partial charge is 0.122 e. The van der Waals surface area contributed by atoms with E-state index in [9.17, 15) is 0 Å². The van der Waals surface area contributed by atoms with E-state index in [1.54, 1.807) is 11.3 Å². The Bertz CT molecular complexity index is 527. The second kappa shape index (κ2) is 5.72. The minimum Gasteiger partial charge on any atom is -0.493 e. The first-order valence-corrected chi connectivity index (χ1v) is 7.54. The Morgan fingerprint density at radius 3 is 3.16 bits per heavy atom. The number of thiazole rings is 1. The number of nitrogens with one attached hydrogen (secondary N) is 1. The summed E-state index contributed by atoms with van der Waals surface area (Å²) in [6.07, 6.45) is 3.92. The van der Waals surface area contributed by atoms with Crippen LogP contribution in [0.1, 0.15) is 22.9 Å². The molecule has 1 aromatic carbocycles. The van der Waals surface area contributed by atoms with Gasteiger partial charge < -0.3 is 10.1 Å². The SMILES string of the molecule is CNC(Cc1nccs1)C1CCOc2ccccc21. The van der Waals surface area contributed by atoms with Crippen LogP contribution in [0.3, 0.4) is 0 Å². The predicted molar refractivity (Wildman–Crippen MR) is 78.0 cm³/mol. The number of hydrogen-bond donors (Lipinski definition) is 1. The van der Waals surface area contributed by atoms with Crippen molar-refractivity contribution in [1.29, 1.82) is 0 Å². The molecule has 0 radical (unpaired) electrons. The largest absolute Gasteiger partial charge is 0.493 e. The molecule has 0 fully saturated rings. The van der Waals surface area contributed by atoms with Crippen molar-refractivity contribution >= 4 is 11.3 Å². The third kappa shape index (κ3) is 2.65. The first kappa shape index (κ1) is 12.6. The fourth-order valence-corrected chi connectivity index (χ4v) is 3.45. The molecule has 0 bridgehead atoms. The highest BCUT2D eigenvalue weighted by molar-refractivity contribution is 7.09. The normalized spacial score (nSPS) is 19.5. The molecule has 3 nitrogen and oxygen atoms in total. The van der Waals surface area contributed by atoms with Gasteiger partial charge in [0.15, 0.2) is 0 Å². The topological polar surface area (TPSA) is 34.2 Å². The van der Waals surface area contributed by atoms with Gasteiger partial charge in [-0.2, -0.15) is 0 Å². The standard InChI is InChI=1S/C15H18N2OS/c1-16-13(10-15-17-7-9-19-15)11-6-8-18-14-5-3-2-4-12(11)14/h2-5,7,9,11,13,16H,6,8,10H2,1H3. The first-order valence-electron chi connectivity index (χ1n) is 6.66. The van der Waals surface area contributed by atoms with Crippen LogP contribution in [0.2, 0.25) is 0 Å². The second-order valence-corrected chi connectivity index (χ2v) is 5.79. The summed E-state index contributed by atoms with van der Waals surface area (Å²) in [4.78, 5) is 4.40. The molecule has 0 aliphatic carbocycles. The zero-order chi connectivity index (χ0) is 13.1. The number of rotatable bonds is 4. The summed E-state index contributed by atoms with van der Waals surface area (Å²) in [6.45, 7) is 0.803. The van der Waals surface area contributed by atoms with Crippen molar-refractivity contribution in [3.63, 3.8) is 0 Å². The van der Waals surface area contributed by atoms with Crippen LogP contribution in [0.4, 0.5) is 0 Å². The van der Waals surface area contributed by atoms with Gasteiger partial charge in [-0.25, -0.2) is 4.98 Å². The summed E-state index contributed by atoms with van der Waals surface area (Å²) < 4.78 is 5.74. The number of benzene rings is 1. The molecule has 3 rings (SSSR count). The van der Waals surface area contributed by atoms with E-state index in [0.717, 1.165) is 25.2 Å². The lowest BCUT2D eigenvalue weighted by molar-refractivity contribution is 0.247. The monoisotopic (exact) mass is 274 g/mol. The quantitative estimate of drug-likeness (QED) is 0.931. The van der Waals surface area contributed by atoms with E-state index in [0.29, 0.717) is 12.0 Å². The van der Waals surface area contributed by atoms with Gasteiger partial charge in [0.05, 0.1) is 11.6 Å². The van der Waals surface area contributed by atoms with Crippen molar-refractivity contribution in [2.45, 2.75) is 24.8 Å². The molecule has 2 unspecified atom stereocenters. The number of fused-ring (bicyclic) bond motifs is 1. The van der Waals surface area contributed by atoms with Gasteiger partial charge in [0.1, 0.15) is 5.75 Å². The van der Waals surface area contributed by atoms with Gasteiger partial charge in [0.2, 0.25) is 0 Å². The van der Waals surface area contributed by atoms with Crippen LogP contribution in [0.15, 0.2) is 35.8 Å². The Morgan fingerprint density at radius 2 is 2.37 bits per heavy atom. The Kier molecular flexibility index (Phi) is 3.80. The molecule has 19 heavy (non-hydrogen) atoms. The number of ether oxygens (including phenoxy) is 1. The molecule has 100 valence electrons. The van der Waals surface area contributed by atoms with Gasteiger partial charge in [0.25, 0.3) is 0 Å². The lowest BCUT2D eigenvalue weighted by Crippen LogP contribution is -2.36. The summed E-state index contributed by atoms with van der Waals surface area (Å²) in [5, 5.41) is 6.70. The molecule has 4 heteroatoms. The lowest BCUT2D eigenvalue weighted by atomic mass is 9.85. The predicted octanol–water partition coefficient (Wildman–Crippen LogP) is 2.84. The van der Waals surface area contributed by atoms with E-state index < -0.39 is 0 Å². The van der Waals surface area contributed by atoms with E-state index in [4.69, 9.17) is 4.74 Å². The number of likely N-dealkylation sites (N-methyl/N-ethyl adjacent to an activating group) is 1. The van der Waals surface area contributed by atoms with Crippen LogP contribution < -0.4 is 10.1 Å². The van der Waals surface area contributed by atoms with Crippen molar-refractivity contribution in [2.24, 2.45) is 0 Å². The molecule has 1 aromatic heterocycles. The van der Waals surface area contributed by atoms with E-state index in [-0.39, 0.29) is 0 Å². The molecule has 0 amide bonds. The second-order valence-electron chi connectivity index (χ2n) is 4.81. The van der Waals surface area contributed by atoms with Gasteiger partial charge in [-0.05, 0) is 25.1 Å². The van der Waals surface area contributed by atoms with Crippen LogP contribution in [-0.2, 0) is 6.42 Å². The summed E-state index contributed by atoms with van der Waals surface area (Å²) in [6, 6.07) is 8.80. The maximum Gasteiger partial charge on any atom is 0.122 e. The van der Waals surface area contributed by atoms with Crippen molar-refractivity contribution < 1.29 is 4.74 Å². The molecule has 1 aliphatic rings. The number of para-hydroxylation sites is 1. The third-order valence-electron chi connectivity index (χ3n) is 3.74. The molecular formula is C15H18N2OS. The minimum atomic E-state index is 0.413. The molecule has 0 saturated heterocycles. The number of nitrogens with zero attached hydrogens (tertiary/aromatic N) is 1. The maximum atomic E-state index is 5.74. The highest BCUT2D eigenvalue weighted by Crippen LogP contribution is 2.36. The van der Waals surface area contributed by atoms with Crippen molar-refractivity contribution in [3.05, 3.63) is 46.4 Å². The van der Waals surface area contributed by atoms with Crippen molar-refractivity contribution in [2.75, 3.05) is 13.7 Å². The zero-order valence-corrected chi connectivity index (χ0v) is 11.8. The Balaban J connectivity index is 1.84. The summed E-state index contributed by atoms with van der Waals surface area (Å²) in [5.41, 5.74) is 1.32. The molecule has 2 atom stereocenters. The van der Waals surface area contributed by atoms with Gasteiger partial charge in [-0.1, -0.05) is 18.2 Å². The fourth-order valence-electron chi connectivity index (χ4n) is 2.77. The van der Waals surface area contributed by atoms with Crippen molar-refractivity contribution in [1.82, 2.24) is 10.3 Å². The molecule has 0 saturated carbocycles. The highest BCUT2D eigenvalue weighted by atomic mass is 32.1. The molecule has 0 spiro atoms. The molecule has 1 N–H and O–H groups in total. The zero-order valence-electron chi connectivity index (χ0n) is 11.0. The molecular weight excluding hydrogens is 256 g/mol. The molecule has 2 aromatic rings. The van der Waals surface area contributed by atoms with Crippen LogP contribution >= 0.6 is 11.3 Å².